The molecule has 216 valence electrons. The number of aliphatic hydroxyl groups is 6. The van der Waals surface area contributed by atoms with Gasteiger partial charge in [0, 0.05) is 12.1 Å². The molecule has 0 unspecified atom stereocenters. The van der Waals surface area contributed by atoms with Crippen LogP contribution in [-0.4, -0.2) is 148 Å². The summed E-state index contributed by atoms with van der Waals surface area (Å²) < 4.78 is 29.2. The van der Waals surface area contributed by atoms with Crippen LogP contribution in [0.1, 0.15) is 12.8 Å². The minimum atomic E-state index is -1.54. The second-order valence-corrected chi connectivity index (χ2v) is 10.3. The molecule has 3 saturated heterocycles. The predicted molar refractivity (Wildman–Crippen MR) is 123 cm³/mol. The summed E-state index contributed by atoms with van der Waals surface area (Å²) in [5.41, 5.74) is 24.0. The first-order valence-corrected chi connectivity index (χ1v) is 12.5. The lowest BCUT2D eigenvalue weighted by molar-refractivity contribution is -0.373. The molecule has 4 rings (SSSR count). The molecule has 1 saturated carbocycles. The molecular weight excluding hydrogens is 498 g/mol. The zero-order chi connectivity index (χ0) is 27.2. The van der Waals surface area contributed by atoms with Gasteiger partial charge in [-0.05, 0) is 19.9 Å². The van der Waals surface area contributed by atoms with Crippen molar-refractivity contribution in [2.75, 3.05) is 13.7 Å². The summed E-state index contributed by atoms with van der Waals surface area (Å²) in [6, 6.07) is -4.05. The second-order valence-electron chi connectivity index (χ2n) is 10.3. The number of hydrogen-bond acceptors (Lipinski definition) is 16. The van der Waals surface area contributed by atoms with Crippen molar-refractivity contribution in [1.29, 1.82) is 0 Å². The van der Waals surface area contributed by atoms with E-state index in [1.54, 1.807) is 7.05 Å². The number of hydrogen-bond donors (Lipinski definition) is 11. The molecule has 15 N–H and O–H groups in total. The van der Waals surface area contributed by atoms with Gasteiger partial charge in [0.2, 0.25) is 0 Å². The normalized spacial score (nSPS) is 55.1. The summed E-state index contributed by atoms with van der Waals surface area (Å²) in [7, 11) is 1.55. The van der Waals surface area contributed by atoms with Gasteiger partial charge in [-0.25, -0.2) is 0 Å². The Morgan fingerprint density at radius 3 is 2.08 bits per heavy atom. The Hall–Kier alpha value is -0.640. The van der Waals surface area contributed by atoms with Crippen molar-refractivity contribution >= 4 is 0 Å². The molecule has 17 atom stereocenters. The Morgan fingerprint density at radius 2 is 1.43 bits per heavy atom. The van der Waals surface area contributed by atoms with Gasteiger partial charge in [0.15, 0.2) is 18.9 Å². The lowest BCUT2D eigenvalue weighted by Crippen LogP contribution is -2.70. The Balaban J connectivity index is 1.43. The fraction of sp³-hybridized carbons (Fsp3) is 1.00. The molecule has 0 aromatic rings. The van der Waals surface area contributed by atoms with E-state index in [0.29, 0.717) is 0 Å². The van der Waals surface area contributed by atoms with E-state index in [1.165, 1.54) is 0 Å². The quantitative estimate of drug-likeness (QED) is 0.149. The van der Waals surface area contributed by atoms with Gasteiger partial charge in [-0.1, -0.05) is 0 Å². The van der Waals surface area contributed by atoms with Crippen LogP contribution in [-0.2, 0) is 23.7 Å². The number of aliphatic hydroxyl groups excluding tert-OH is 6. The summed E-state index contributed by atoms with van der Waals surface area (Å²) in [5, 5.41) is 64.7. The van der Waals surface area contributed by atoms with Crippen molar-refractivity contribution in [3.05, 3.63) is 0 Å². The van der Waals surface area contributed by atoms with Gasteiger partial charge < -0.3 is 82.6 Å². The van der Waals surface area contributed by atoms with Crippen LogP contribution >= 0.6 is 0 Å². The van der Waals surface area contributed by atoms with Crippen molar-refractivity contribution in [3.8, 4) is 0 Å². The topological polar surface area (TPSA) is 284 Å². The average Bonchev–Trinajstić information content (AvgIpc) is 2.86. The summed E-state index contributed by atoms with van der Waals surface area (Å²) in [4.78, 5) is 0. The summed E-state index contributed by atoms with van der Waals surface area (Å²) in [6.07, 6.45) is -13.7. The molecule has 4 aliphatic rings. The van der Waals surface area contributed by atoms with Crippen LogP contribution in [0.2, 0.25) is 0 Å². The number of nitrogens with one attached hydrogen (secondary N) is 1. The molecule has 0 amide bonds. The Kier molecular flexibility index (Phi) is 9.40. The monoisotopic (exact) mass is 539 g/mol. The van der Waals surface area contributed by atoms with Crippen LogP contribution in [0.5, 0.6) is 0 Å². The maximum atomic E-state index is 11.1. The minimum Gasteiger partial charge on any atom is -0.394 e. The molecule has 3 aliphatic heterocycles. The van der Waals surface area contributed by atoms with Crippen molar-refractivity contribution in [2.24, 2.45) is 22.9 Å². The lowest BCUT2D eigenvalue weighted by Gasteiger charge is -2.51. The van der Waals surface area contributed by atoms with Crippen LogP contribution in [0.4, 0.5) is 0 Å². The molecule has 37 heavy (non-hydrogen) atoms. The van der Waals surface area contributed by atoms with Crippen molar-refractivity contribution in [3.63, 3.8) is 0 Å². The van der Waals surface area contributed by atoms with Crippen LogP contribution < -0.4 is 28.3 Å². The van der Waals surface area contributed by atoms with Gasteiger partial charge in [0.25, 0.3) is 0 Å². The molecule has 0 radical (unpaired) electrons. The molecule has 3 heterocycles. The van der Waals surface area contributed by atoms with Crippen LogP contribution in [0, 0.1) is 0 Å². The van der Waals surface area contributed by atoms with E-state index in [1.807, 2.05) is 0 Å². The first-order valence-electron chi connectivity index (χ1n) is 12.5. The van der Waals surface area contributed by atoms with E-state index in [0.717, 1.165) is 0 Å². The first-order chi connectivity index (χ1) is 17.5. The number of likely N-dealkylation sites (N-methyl/N-ethyl adjacent to an activating group) is 1. The Morgan fingerprint density at radius 1 is 0.730 bits per heavy atom. The molecule has 16 heteroatoms. The zero-order valence-corrected chi connectivity index (χ0v) is 20.5. The van der Waals surface area contributed by atoms with Crippen molar-refractivity contribution < 1.29 is 54.3 Å². The van der Waals surface area contributed by atoms with Gasteiger partial charge in [-0.3, -0.25) is 0 Å². The predicted octanol–water partition coefficient (Wildman–Crippen LogP) is -6.95. The van der Waals surface area contributed by atoms with E-state index in [2.05, 4.69) is 5.32 Å². The standard InChI is InChI=1S/C21H41N5O11/c1-26-11-14(30)18-8(33-20(11)37-21-16(32)13(29)10(25)9(4-27)34-21)3-7(24)19(36-18)35-17-6(23)2-5(22)12(28)15(17)31/h5-21,26-32H,2-4,22-25H2,1H3/t5-,6+,7+,8+,9-,10-,11-,12+,13+,14+,15-,16-,17-,18-,19-,20-,21-/m0/s1. The molecule has 0 aromatic carbocycles. The van der Waals surface area contributed by atoms with E-state index < -0.39 is 111 Å². The van der Waals surface area contributed by atoms with Gasteiger partial charge in [0.05, 0.1) is 36.9 Å². The van der Waals surface area contributed by atoms with E-state index in [-0.39, 0.29) is 12.8 Å². The zero-order valence-electron chi connectivity index (χ0n) is 20.5. The molecule has 0 aromatic heterocycles. The van der Waals surface area contributed by atoms with E-state index in [9.17, 15) is 30.6 Å². The fourth-order valence-electron chi connectivity index (χ4n) is 5.46. The van der Waals surface area contributed by atoms with Gasteiger partial charge in [-0.15, -0.1) is 0 Å². The highest BCUT2D eigenvalue weighted by atomic mass is 16.8. The largest absolute Gasteiger partial charge is 0.394 e. The molecule has 0 bridgehead atoms. The molecule has 4 fully saturated rings. The van der Waals surface area contributed by atoms with Gasteiger partial charge in [-0.2, -0.15) is 0 Å². The van der Waals surface area contributed by atoms with Crippen molar-refractivity contribution in [1.82, 2.24) is 5.32 Å². The highest BCUT2D eigenvalue weighted by Crippen LogP contribution is 2.35. The smallest absolute Gasteiger partial charge is 0.189 e. The SMILES string of the molecule is CN[C@@H]1[C@H](O[C@@H]2O[C@@H](CO)[C@H](N)[C@@H](O)[C@@H]2O)O[C@@H]2C[C@@H](N)[C@@H](O[C@@H]3[C@@H](O)[C@H](O)[C@@H](N)C[C@H]3N)O[C@@H]2[C@@H]1O. The highest BCUT2D eigenvalue weighted by molar-refractivity contribution is 5.01. The van der Waals surface area contributed by atoms with Gasteiger partial charge in [0.1, 0.15) is 42.7 Å². The average molecular weight is 540 g/mol. The number of fused-ring (bicyclic) bond motifs is 1. The van der Waals surface area contributed by atoms with Gasteiger partial charge >= 0.3 is 0 Å². The maximum absolute atomic E-state index is 11.1. The Bertz CT molecular complexity index is 756. The van der Waals surface area contributed by atoms with E-state index >= 15 is 0 Å². The maximum Gasteiger partial charge on any atom is 0.189 e. The van der Waals surface area contributed by atoms with Crippen LogP contribution in [0.3, 0.4) is 0 Å². The lowest BCUT2D eigenvalue weighted by atomic mass is 9.84. The van der Waals surface area contributed by atoms with Crippen LogP contribution in [0.15, 0.2) is 0 Å². The fourth-order valence-corrected chi connectivity index (χ4v) is 5.46. The second kappa shape index (κ2) is 11.8. The minimum absolute atomic E-state index is 0.156. The summed E-state index contributed by atoms with van der Waals surface area (Å²) in [6.45, 7) is -0.508. The Labute approximate surface area is 213 Å². The number of ether oxygens (including phenoxy) is 5. The third kappa shape index (κ3) is 5.66. The third-order valence-corrected chi connectivity index (χ3v) is 7.74. The highest BCUT2D eigenvalue weighted by Gasteiger charge is 2.54. The summed E-state index contributed by atoms with van der Waals surface area (Å²) >= 11 is 0. The van der Waals surface area contributed by atoms with Crippen LogP contribution in [0.25, 0.3) is 0 Å². The molecule has 1 aliphatic carbocycles. The molecular formula is C21H41N5O11. The van der Waals surface area contributed by atoms with E-state index in [4.69, 9.17) is 46.6 Å². The molecule has 0 spiro atoms. The molecule has 16 nitrogen and oxygen atoms in total. The van der Waals surface area contributed by atoms with Crippen molar-refractivity contribution in [2.45, 2.75) is 117 Å². The third-order valence-electron chi connectivity index (χ3n) is 7.74. The first kappa shape index (κ1) is 29.3. The number of nitrogens with two attached hydrogens (primary N) is 4. The summed E-state index contributed by atoms with van der Waals surface area (Å²) in [5.74, 6) is 0. The number of rotatable bonds is 6.